The number of oxime groups is 1. The highest BCUT2D eigenvalue weighted by Crippen LogP contribution is 2.26. The van der Waals surface area contributed by atoms with E-state index < -0.39 is 10.0 Å². The number of nitrogens with one attached hydrogen (secondary N) is 1. The fourth-order valence-corrected chi connectivity index (χ4v) is 3.75. The molecule has 0 unspecified atom stereocenters. The SMILES string of the molecule is CC(=NO)c1csc(NS(=O)(=O)c2ccc(Cl)c(Cl)c2)n1. The topological polar surface area (TPSA) is 91.7 Å². The molecule has 1 aromatic carbocycles. The summed E-state index contributed by atoms with van der Waals surface area (Å²) in [7, 11) is -3.82. The molecule has 0 bridgehead atoms. The highest BCUT2D eigenvalue weighted by molar-refractivity contribution is 7.93. The molecular formula is C11H9Cl2N3O3S2. The largest absolute Gasteiger partial charge is 0.411 e. The third-order valence-electron chi connectivity index (χ3n) is 2.45. The van der Waals surface area contributed by atoms with Crippen LogP contribution < -0.4 is 4.72 Å². The van der Waals surface area contributed by atoms with Gasteiger partial charge in [-0.15, -0.1) is 11.3 Å². The van der Waals surface area contributed by atoms with Gasteiger partial charge in [0.25, 0.3) is 10.0 Å². The Kier molecular flexibility index (Phi) is 4.72. The van der Waals surface area contributed by atoms with E-state index in [1.54, 1.807) is 12.3 Å². The molecule has 0 aliphatic rings. The van der Waals surface area contributed by atoms with Crippen LogP contribution in [0.4, 0.5) is 5.13 Å². The molecule has 0 aliphatic heterocycles. The Morgan fingerprint density at radius 3 is 2.71 bits per heavy atom. The molecule has 0 fully saturated rings. The van der Waals surface area contributed by atoms with Crippen LogP contribution >= 0.6 is 34.5 Å². The number of aromatic nitrogens is 1. The zero-order valence-corrected chi connectivity index (χ0v) is 13.7. The molecule has 112 valence electrons. The van der Waals surface area contributed by atoms with Crippen LogP contribution in [0.1, 0.15) is 12.6 Å². The van der Waals surface area contributed by atoms with E-state index in [1.807, 2.05) is 0 Å². The van der Waals surface area contributed by atoms with E-state index in [0.717, 1.165) is 11.3 Å². The lowest BCUT2D eigenvalue weighted by atomic mass is 10.3. The van der Waals surface area contributed by atoms with Crippen molar-refractivity contribution in [3.05, 3.63) is 39.3 Å². The molecule has 0 amide bonds. The maximum absolute atomic E-state index is 12.2. The van der Waals surface area contributed by atoms with Gasteiger partial charge in [0.2, 0.25) is 0 Å². The maximum atomic E-state index is 12.2. The molecule has 1 heterocycles. The van der Waals surface area contributed by atoms with Gasteiger partial charge < -0.3 is 5.21 Å². The molecule has 2 rings (SSSR count). The summed E-state index contributed by atoms with van der Waals surface area (Å²) in [5.74, 6) is 0. The van der Waals surface area contributed by atoms with Crippen LogP contribution in [0.5, 0.6) is 0 Å². The average molecular weight is 366 g/mol. The molecule has 0 spiro atoms. The van der Waals surface area contributed by atoms with Crippen molar-refractivity contribution in [2.75, 3.05) is 4.72 Å². The van der Waals surface area contributed by atoms with Gasteiger partial charge in [-0.05, 0) is 25.1 Å². The number of halogens is 2. The van der Waals surface area contributed by atoms with Gasteiger partial charge in [-0.2, -0.15) is 0 Å². The zero-order chi connectivity index (χ0) is 15.6. The first-order valence-corrected chi connectivity index (χ1v) is 8.58. The van der Waals surface area contributed by atoms with E-state index in [4.69, 9.17) is 28.4 Å². The third-order valence-corrected chi connectivity index (χ3v) is 5.41. The smallest absolute Gasteiger partial charge is 0.263 e. The van der Waals surface area contributed by atoms with Crippen molar-refractivity contribution in [2.45, 2.75) is 11.8 Å². The predicted octanol–water partition coefficient (Wildman–Crippen LogP) is 3.45. The van der Waals surface area contributed by atoms with Gasteiger partial charge in [0, 0.05) is 5.38 Å². The Hall–Kier alpha value is -1.35. The van der Waals surface area contributed by atoms with Gasteiger partial charge in [0.05, 0.1) is 14.9 Å². The predicted molar refractivity (Wildman–Crippen MR) is 83.4 cm³/mol. The molecule has 21 heavy (non-hydrogen) atoms. The van der Waals surface area contributed by atoms with Crippen LogP contribution in [-0.4, -0.2) is 24.3 Å². The quantitative estimate of drug-likeness (QED) is 0.493. The first kappa shape index (κ1) is 16.0. The van der Waals surface area contributed by atoms with Gasteiger partial charge in [0.1, 0.15) is 11.4 Å². The standard InChI is InChI=1S/C11H9Cl2N3O3S2/c1-6(15-17)10-5-20-11(14-10)16-21(18,19)7-2-3-8(12)9(13)4-7/h2-5,17H,1H3,(H,14,16). The summed E-state index contributed by atoms with van der Waals surface area (Å²) in [5.41, 5.74) is 0.667. The van der Waals surface area contributed by atoms with Gasteiger partial charge in [-0.25, -0.2) is 13.4 Å². The van der Waals surface area contributed by atoms with Crippen LogP contribution in [0.2, 0.25) is 10.0 Å². The molecule has 0 saturated heterocycles. The molecule has 0 atom stereocenters. The first-order valence-electron chi connectivity index (χ1n) is 5.46. The van der Waals surface area contributed by atoms with Crippen LogP contribution in [-0.2, 0) is 10.0 Å². The molecule has 2 N–H and O–H groups in total. The van der Waals surface area contributed by atoms with Crippen molar-refractivity contribution in [1.82, 2.24) is 4.98 Å². The summed E-state index contributed by atoms with van der Waals surface area (Å²) in [4.78, 5) is 3.98. The van der Waals surface area contributed by atoms with Crippen LogP contribution in [0, 0.1) is 0 Å². The Morgan fingerprint density at radius 1 is 1.38 bits per heavy atom. The Labute approximate surface area is 135 Å². The van der Waals surface area contributed by atoms with Gasteiger partial charge in [-0.3, -0.25) is 4.72 Å². The normalized spacial score (nSPS) is 12.4. The molecule has 6 nitrogen and oxygen atoms in total. The zero-order valence-electron chi connectivity index (χ0n) is 10.5. The number of sulfonamides is 1. The van der Waals surface area contributed by atoms with E-state index in [-0.39, 0.29) is 25.8 Å². The number of benzene rings is 1. The number of thiazole rings is 1. The highest BCUT2D eigenvalue weighted by Gasteiger charge is 2.18. The minimum Gasteiger partial charge on any atom is -0.411 e. The average Bonchev–Trinajstić information content (AvgIpc) is 2.88. The van der Waals surface area contributed by atoms with Gasteiger partial charge in [-0.1, -0.05) is 28.4 Å². The number of nitrogens with zero attached hydrogens (tertiary/aromatic N) is 2. The van der Waals surface area contributed by atoms with Crippen molar-refractivity contribution in [2.24, 2.45) is 5.16 Å². The number of hydrogen-bond donors (Lipinski definition) is 2. The lowest BCUT2D eigenvalue weighted by molar-refractivity contribution is 0.319. The van der Waals surface area contributed by atoms with Crippen LogP contribution in [0.15, 0.2) is 33.6 Å². The van der Waals surface area contributed by atoms with Crippen molar-refractivity contribution < 1.29 is 13.6 Å². The summed E-state index contributed by atoms with van der Waals surface area (Å²) in [5, 5.41) is 13.8. The van der Waals surface area contributed by atoms with Gasteiger partial charge >= 0.3 is 0 Å². The van der Waals surface area contributed by atoms with Crippen molar-refractivity contribution >= 4 is 55.4 Å². The lowest BCUT2D eigenvalue weighted by Crippen LogP contribution is -2.13. The Morgan fingerprint density at radius 2 is 2.10 bits per heavy atom. The number of hydrogen-bond acceptors (Lipinski definition) is 6. The third kappa shape index (κ3) is 3.65. The van der Waals surface area contributed by atoms with E-state index >= 15 is 0 Å². The minimum absolute atomic E-state index is 0.0267. The second kappa shape index (κ2) is 6.18. The molecule has 0 aliphatic carbocycles. The number of rotatable bonds is 4. The van der Waals surface area contributed by atoms with Crippen LogP contribution in [0.3, 0.4) is 0 Å². The van der Waals surface area contributed by atoms with Crippen LogP contribution in [0.25, 0.3) is 0 Å². The van der Waals surface area contributed by atoms with Gasteiger partial charge in [0.15, 0.2) is 5.13 Å². The van der Waals surface area contributed by atoms with Crippen molar-refractivity contribution in [3.63, 3.8) is 0 Å². The van der Waals surface area contributed by atoms with E-state index in [1.165, 1.54) is 18.2 Å². The highest BCUT2D eigenvalue weighted by atomic mass is 35.5. The summed E-state index contributed by atoms with van der Waals surface area (Å²) in [6.45, 7) is 1.55. The summed E-state index contributed by atoms with van der Waals surface area (Å²) >= 11 is 12.6. The Bertz CT molecular complexity index is 803. The monoisotopic (exact) mass is 365 g/mol. The van der Waals surface area contributed by atoms with Crippen molar-refractivity contribution in [1.29, 1.82) is 0 Å². The molecule has 10 heteroatoms. The van der Waals surface area contributed by atoms with E-state index in [2.05, 4.69) is 14.9 Å². The number of anilines is 1. The molecule has 2 aromatic rings. The second-order valence-corrected chi connectivity index (χ2v) is 7.26. The first-order chi connectivity index (χ1) is 9.83. The van der Waals surface area contributed by atoms with Crippen molar-refractivity contribution in [3.8, 4) is 0 Å². The van der Waals surface area contributed by atoms with E-state index in [9.17, 15) is 8.42 Å². The molecular weight excluding hydrogens is 357 g/mol. The second-order valence-electron chi connectivity index (χ2n) is 3.90. The summed E-state index contributed by atoms with van der Waals surface area (Å²) in [6.07, 6.45) is 0. The summed E-state index contributed by atoms with van der Waals surface area (Å²) in [6, 6.07) is 3.99. The summed E-state index contributed by atoms with van der Waals surface area (Å²) < 4.78 is 26.7. The fraction of sp³-hybridized carbons (Fsp3) is 0.0909. The minimum atomic E-state index is -3.82. The molecule has 0 radical (unpaired) electrons. The maximum Gasteiger partial charge on any atom is 0.263 e. The lowest BCUT2D eigenvalue weighted by Gasteiger charge is -2.06. The van der Waals surface area contributed by atoms with E-state index in [0.29, 0.717) is 5.69 Å². The fourth-order valence-electron chi connectivity index (χ4n) is 1.36. The molecule has 0 saturated carbocycles. The Balaban J connectivity index is 2.29. The molecule has 1 aromatic heterocycles.